The van der Waals surface area contributed by atoms with E-state index < -0.39 is 10.0 Å². The summed E-state index contributed by atoms with van der Waals surface area (Å²) in [5, 5.41) is 0. The zero-order valence-corrected chi connectivity index (χ0v) is 16.5. The molecule has 7 nitrogen and oxygen atoms in total. The third-order valence-corrected chi connectivity index (χ3v) is 5.74. The van der Waals surface area contributed by atoms with Gasteiger partial charge in [-0.2, -0.15) is 4.31 Å². The van der Waals surface area contributed by atoms with Gasteiger partial charge < -0.3 is 9.32 Å². The first kappa shape index (κ1) is 19.9. The zero-order chi connectivity index (χ0) is 18.8. The Bertz CT molecular complexity index is 699. The minimum Gasteiger partial charge on any atom is -0.463 e. The molecule has 0 spiro atoms. The minimum atomic E-state index is -3.24. The molecule has 0 aliphatic carbocycles. The molecule has 1 aromatic heterocycles. The van der Waals surface area contributed by atoms with Gasteiger partial charge in [0.1, 0.15) is 11.5 Å². The van der Waals surface area contributed by atoms with Crippen LogP contribution in [0.5, 0.6) is 0 Å². The van der Waals surface area contributed by atoms with Crippen LogP contribution < -0.4 is 0 Å². The summed E-state index contributed by atoms with van der Waals surface area (Å²) in [6.45, 7) is 9.23. The highest BCUT2D eigenvalue weighted by Crippen LogP contribution is 2.18. The summed E-state index contributed by atoms with van der Waals surface area (Å²) in [6, 6.07) is 3.46. The molecule has 142 valence electrons. The number of piperazine rings is 1. The normalized spacial score (nSPS) is 20.0. The van der Waals surface area contributed by atoms with Crippen LogP contribution in [0.2, 0.25) is 0 Å². The molecule has 0 bridgehead atoms. The second kappa shape index (κ2) is 7.88. The van der Waals surface area contributed by atoms with E-state index >= 15 is 0 Å². The Balaban J connectivity index is 1.96. The first-order valence-electron chi connectivity index (χ1n) is 8.59. The molecule has 0 radical (unpaired) electrons. The number of carbonyl (C=O) groups excluding carboxylic acids is 1. The lowest BCUT2D eigenvalue weighted by molar-refractivity contribution is -0.142. The highest BCUT2D eigenvalue weighted by Gasteiger charge is 2.32. The lowest BCUT2D eigenvalue weighted by Crippen LogP contribution is -2.55. The number of furan rings is 1. The first-order chi connectivity index (χ1) is 11.6. The van der Waals surface area contributed by atoms with E-state index in [1.165, 1.54) is 17.6 Å². The number of hydrogen-bond acceptors (Lipinski definition) is 5. The van der Waals surface area contributed by atoms with E-state index in [-0.39, 0.29) is 18.5 Å². The van der Waals surface area contributed by atoms with Gasteiger partial charge in [0.25, 0.3) is 0 Å². The number of sulfonamides is 1. The molecule has 1 aliphatic rings. The second-order valence-electron chi connectivity index (χ2n) is 7.21. The van der Waals surface area contributed by atoms with E-state index in [1.54, 1.807) is 6.07 Å². The van der Waals surface area contributed by atoms with Gasteiger partial charge in [-0.1, -0.05) is 13.8 Å². The number of hydrogen-bond donors (Lipinski definition) is 0. The number of amides is 1. The molecule has 2 rings (SSSR count). The Morgan fingerprint density at radius 2 is 1.92 bits per heavy atom. The van der Waals surface area contributed by atoms with Crippen molar-refractivity contribution >= 4 is 15.9 Å². The standard InChI is InChI=1S/C17H29N3O4S/c1-13(2)10-20-9-8-19(14(3)17(20)21)12-16-7-6-15(24-16)11-18(4)25(5,22)23/h6-7,13-14H,8-12H2,1-5H3/t14-/m1/s1. The summed E-state index contributed by atoms with van der Waals surface area (Å²) in [6.07, 6.45) is 1.17. The average Bonchev–Trinajstić information content (AvgIpc) is 2.93. The van der Waals surface area contributed by atoms with Crippen molar-refractivity contribution in [2.45, 2.75) is 39.9 Å². The molecule has 0 aromatic carbocycles. The highest BCUT2D eigenvalue weighted by atomic mass is 32.2. The molecule has 8 heteroatoms. The van der Waals surface area contributed by atoms with Gasteiger partial charge in [-0.15, -0.1) is 0 Å². The molecule has 25 heavy (non-hydrogen) atoms. The van der Waals surface area contributed by atoms with Crippen molar-refractivity contribution in [2.24, 2.45) is 5.92 Å². The van der Waals surface area contributed by atoms with Crippen molar-refractivity contribution in [2.75, 3.05) is 32.9 Å². The summed E-state index contributed by atoms with van der Waals surface area (Å²) in [7, 11) is -1.72. The van der Waals surface area contributed by atoms with E-state index in [2.05, 4.69) is 18.7 Å². The van der Waals surface area contributed by atoms with E-state index in [9.17, 15) is 13.2 Å². The molecule has 1 saturated heterocycles. The summed E-state index contributed by atoms with van der Waals surface area (Å²) < 4.78 is 30.0. The maximum absolute atomic E-state index is 12.5. The topological polar surface area (TPSA) is 74.1 Å². The van der Waals surface area contributed by atoms with Crippen molar-refractivity contribution in [3.8, 4) is 0 Å². The van der Waals surface area contributed by atoms with Crippen molar-refractivity contribution < 1.29 is 17.6 Å². The van der Waals surface area contributed by atoms with Crippen LogP contribution in [-0.4, -0.2) is 67.4 Å². The molecule has 0 N–H and O–H groups in total. The maximum Gasteiger partial charge on any atom is 0.239 e. The summed E-state index contributed by atoms with van der Waals surface area (Å²) in [4.78, 5) is 16.5. The van der Waals surface area contributed by atoms with Crippen molar-refractivity contribution in [3.05, 3.63) is 23.7 Å². The smallest absolute Gasteiger partial charge is 0.239 e. The van der Waals surface area contributed by atoms with Gasteiger partial charge in [-0.25, -0.2) is 8.42 Å². The third kappa shape index (κ3) is 5.29. The number of nitrogens with zero attached hydrogens (tertiary/aromatic N) is 3. The Morgan fingerprint density at radius 1 is 1.28 bits per heavy atom. The molecule has 1 atom stereocenters. The second-order valence-corrected chi connectivity index (χ2v) is 9.30. The zero-order valence-electron chi connectivity index (χ0n) is 15.7. The Morgan fingerprint density at radius 3 is 2.52 bits per heavy atom. The molecule has 1 aromatic rings. The lowest BCUT2D eigenvalue weighted by Gasteiger charge is -2.39. The van der Waals surface area contributed by atoms with E-state index in [1.807, 2.05) is 17.9 Å². The fourth-order valence-electron chi connectivity index (χ4n) is 2.94. The van der Waals surface area contributed by atoms with Crippen LogP contribution in [0.25, 0.3) is 0 Å². The van der Waals surface area contributed by atoms with Gasteiger partial charge in [0.05, 0.1) is 25.4 Å². The Labute approximate surface area is 150 Å². The number of carbonyl (C=O) groups is 1. The van der Waals surface area contributed by atoms with Gasteiger partial charge in [0.2, 0.25) is 15.9 Å². The van der Waals surface area contributed by atoms with Gasteiger partial charge in [0.15, 0.2) is 0 Å². The van der Waals surface area contributed by atoms with Crippen molar-refractivity contribution in [3.63, 3.8) is 0 Å². The molecule has 1 amide bonds. The van der Waals surface area contributed by atoms with Crippen LogP contribution in [0.3, 0.4) is 0 Å². The van der Waals surface area contributed by atoms with Crippen LogP contribution in [0.15, 0.2) is 16.5 Å². The van der Waals surface area contributed by atoms with E-state index in [0.29, 0.717) is 18.2 Å². The molecular weight excluding hydrogens is 342 g/mol. The fourth-order valence-corrected chi connectivity index (χ4v) is 3.30. The van der Waals surface area contributed by atoms with E-state index in [0.717, 1.165) is 25.4 Å². The molecule has 1 aliphatic heterocycles. The van der Waals surface area contributed by atoms with Crippen LogP contribution in [0, 0.1) is 5.92 Å². The van der Waals surface area contributed by atoms with Crippen molar-refractivity contribution in [1.29, 1.82) is 0 Å². The summed E-state index contributed by atoms with van der Waals surface area (Å²) >= 11 is 0. The molecule has 1 fully saturated rings. The molecule has 0 saturated carbocycles. The molecule has 2 heterocycles. The van der Waals surface area contributed by atoms with Gasteiger partial charge >= 0.3 is 0 Å². The van der Waals surface area contributed by atoms with Crippen LogP contribution in [0.1, 0.15) is 32.3 Å². The molecule has 0 unspecified atom stereocenters. The van der Waals surface area contributed by atoms with Crippen LogP contribution in [-0.2, 0) is 27.9 Å². The molecular formula is C17H29N3O4S. The first-order valence-corrected chi connectivity index (χ1v) is 10.4. The quantitative estimate of drug-likeness (QED) is 0.723. The fraction of sp³-hybridized carbons (Fsp3) is 0.706. The Hall–Kier alpha value is -1.38. The average molecular weight is 372 g/mol. The summed E-state index contributed by atoms with van der Waals surface area (Å²) in [5.41, 5.74) is 0. The monoisotopic (exact) mass is 371 g/mol. The number of rotatable bonds is 7. The van der Waals surface area contributed by atoms with Gasteiger partial charge in [-0.05, 0) is 25.0 Å². The minimum absolute atomic E-state index is 0.156. The maximum atomic E-state index is 12.5. The van der Waals surface area contributed by atoms with E-state index in [4.69, 9.17) is 4.42 Å². The lowest BCUT2D eigenvalue weighted by atomic mass is 10.1. The van der Waals surface area contributed by atoms with Gasteiger partial charge in [0, 0.05) is 26.7 Å². The Kier molecular flexibility index (Phi) is 6.29. The van der Waals surface area contributed by atoms with Crippen LogP contribution in [0.4, 0.5) is 0 Å². The third-order valence-electron chi connectivity index (χ3n) is 4.48. The predicted octanol–water partition coefficient (Wildman–Crippen LogP) is 1.36. The van der Waals surface area contributed by atoms with Gasteiger partial charge in [-0.3, -0.25) is 9.69 Å². The largest absolute Gasteiger partial charge is 0.463 e. The predicted molar refractivity (Wildman–Crippen MR) is 96.3 cm³/mol. The van der Waals surface area contributed by atoms with Crippen LogP contribution >= 0.6 is 0 Å². The van der Waals surface area contributed by atoms with Crippen molar-refractivity contribution in [1.82, 2.24) is 14.1 Å². The SMILES string of the molecule is CC(C)CN1CCN(Cc2ccc(CN(C)S(C)(=O)=O)o2)[C@H](C)C1=O. The summed E-state index contributed by atoms with van der Waals surface area (Å²) in [5.74, 6) is 1.96. The highest BCUT2D eigenvalue weighted by molar-refractivity contribution is 7.88.